The molecule has 1 aromatic heterocycles. The van der Waals surface area contributed by atoms with E-state index in [0.29, 0.717) is 16.5 Å². The number of hydrogen-bond donors (Lipinski definition) is 2. The van der Waals surface area contributed by atoms with Crippen molar-refractivity contribution >= 4 is 17.7 Å². The fourth-order valence-corrected chi connectivity index (χ4v) is 3.18. The summed E-state index contributed by atoms with van der Waals surface area (Å²) in [6.07, 6.45) is 0. The molecule has 140 valence electrons. The van der Waals surface area contributed by atoms with Crippen molar-refractivity contribution in [2.45, 2.75) is 30.3 Å². The van der Waals surface area contributed by atoms with Gasteiger partial charge in [0.05, 0.1) is 16.9 Å². The molecule has 0 fully saturated rings. The maximum Gasteiger partial charge on any atom is 0.233 e. The molecule has 2 atom stereocenters. The van der Waals surface area contributed by atoms with Crippen LogP contribution in [0, 0.1) is 11.6 Å². The van der Waals surface area contributed by atoms with Crippen molar-refractivity contribution in [2.24, 2.45) is 0 Å². The molecule has 0 saturated carbocycles. The molecular weight excluding hydrogens is 370 g/mol. The highest BCUT2D eigenvalue weighted by molar-refractivity contribution is 8.00. The van der Waals surface area contributed by atoms with Crippen molar-refractivity contribution in [3.05, 3.63) is 65.7 Å². The topological polar surface area (TPSA) is 70.7 Å². The predicted octanol–water partition coefficient (Wildman–Crippen LogP) is 4.11. The van der Waals surface area contributed by atoms with Crippen LogP contribution in [0.1, 0.15) is 25.5 Å². The minimum atomic E-state index is -0.461. The lowest BCUT2D eigenvalue weighted by molar-refractivity contribution is -0.120. The molecule has 0 saturated heterocycles. The molecule has 0 spiro atoms. The molecule has 8 heteroatoms. The summed E-state index contributed by atoms with van der Waals surface area (Å²) in [5.74, 6) is -0.613. The summed E-state index contributed by atoms with van der Waals surface area (Å²) in [5, 5.41) is 9.50. The van der Waals surface area contributed by atoms with Crippen molar-refractivity contribution in [1.82, 2.24) is 20.5 Å². The van der Waals surface area contributed by atoms with Crippen LogP contribution in [0.4, 0.5) is 8.78 Å². The zero-order chi connectivity index (χ0) is 19.4. The normalized spacial score (nSPS) is 13.2. The Kier molecular flexibility index (Phi) is 5.85. The van der Waals surface area contributed by atoms with Gasteiger partial charge in [-0.2, -0.15) is 0 Å². The molecule has 0 bridgehead atoms. The van der Waals surface area contributed by atoms with E-state index in [9.17, 15) is 13.6 Å². The van der Waals surface area contributed by atoms with E-state index in [2.05, 4.69) is 20.5 Å². The van der Waals surface area contributed by atoms with Gasteiger partial charge in [0.15, 0.2) is 5.82 Å². The van der Waals surface area contributed by atoms with E-state index in [4.69, 9.17) is 0 Å². The van der Waals surface area contributed by atoms with E-state index >= 15 is 0 Å². The van der Waals surface area contributed by atoms with Gasteiger partial charge in [0.2, 0.25) is 11.1 Å². The van der Waals surface area contributed by atoms with Crippen LogP contribution < -0.4 is 5.32 Å². The highest BCUT2D eigenvalue weighted by atomic mass is 32.2. The van der Waals surface area contributed by atoms with Crippen molar-refractivity contribution in [2.75, 3.05) is 0 Å². The Morgan fingerprint density at radius 2 is 1.81 bits per heavy atom. The molecule has 2 N–H and O–H groups in total. The van der Waals surface area contributed by atoms with E-state index in [0.717, 1.165) is 17.3 Å². The van der Waals surface area contributed by atoms with Gasteiger partial charge in [-0.3, -0.25) is 9.89 Å². The first-order valence-electron chi connectivity index (χ1n) is 8.34. The second-order valence-corrected chi connectivity index (χ2v) is 7.30. The number of rotatable bonds is 6. The maximum absolute atomic E-state index is 13.8. The second-order valence-electron chi connectivity index (χ2n) is 5.99. The van der Waals surface area contributed by atoms with Crippen LogP contribution in [-0.2, 0) is 4.79 Å². The smallest absolute Gasteiger partial charge is 0.233 e. The second kappa shape index (κ2) is 8.30. The maximum atomic E-state index is 13.8. The summed E-state index contributed by atoms with van der Waals surface area (Å²) < 4.78 is 26.8. The number of benzene rings is 2. The fourth-order valence-electron chi connectivity index (χ4n) is 2.45. The highest BCUT2D eigenvalue weighted by Gasteiger charge is 2.20. The summed E-state index contributed by atoms with van der Waals surface area (Å²) >= 11 is 1.16. The Bertz CT molecular complexity index is 929. The standard InChI is InChI=1S/C19H18F2N4OS/c1-11(13-7-9-14(20)10-8-13)22-18(26)12(2)27-19-23-17(24-25-19)15-5-3-4-6-16(15)21/h3-12H,1-2H3,(H,22,26)(H,23,24,25)/t11-,12-/m0/s1. The molecule has 1 amide bonds. The van der Waals surface area contributed by atoms with Crippen molar-refractivity contribution < 1.29 is 13.6 Å². The lowest BCUT2D eigenvalue weighted by Crippen LogP contribution is -2.33. The largest absolute Gasteiger partial charge is 0.349 e. The number of nitrogens with zero attached hydrogens (tertiary/aromatic N) is 2. The third-order valence-electron chi connectivity index (χ3n) is 3.97. The Labute approximate surface area is 159 Å². The number of aromatic amines is 1. The number of carbonyl (C=O) groups is 1. The minimum absolute atomic E-state index is 0.200. The average Bonchev–Trinajstić information content (AvgIpc) is 3.10. The monoisotopic (exact) mass is 388 g/mol. The van der Waals surface area contributed by atoms with Crippen LogP contribution in [0.5, 0.6) is 0 Å². The van der Waals surface area contributed by atoms with E-state index in [1.54, 1.807) is 37.3 Å². The van der Waals surface area contributed by atoms with Crippen LogP contribution >= 0.6 is 11.8 Å². The highest BCUT2D eigenvalue weighted by Crippen LogP contribution is 2.24. The van der Waals surface area contributed by atoms with Gasteiger partial charge in [0.1, 0.15) is 11.6 Å². The third-order valence-corrected chi connectivity index (χ3v) is 4.94. The van der Waals surface area contributed by atoms with Gasteiger partial charge >= 0.3 is 0 Å². The summed E-state index contributed by atoms with van der Waals surface area (Å²) in [5.41, 5.74) is 1.13. The van der Waals surface area contributed by atoms with Gasteiger partial charge in [-0.25, -0.2) is 13.8 Å². The first-order valence-corrected chi connectivity index (χ1v) is 9.22. The summed E-state index contributed by atoms with van der Waals surface area (Å²) in [4.78, 5) is 16.6. The number of hydrogen-bond acceptors (Lipinski definition) is 4. The quantitative estimate of drug-likeness (QED) is 0.624. The number of H-pyrrole nitrogens is 1. The minimum Gasteiger partial charge on any atom is -0.349 e. The number of amides is 1. The molecule has 0 radical (unpaired) electrons. The fraction of sp³-hybridized carbons (Fsp3) is 0.211. The number of aromatic nitrogens is 3. The molecular formula is C19H18F2N4OS. The van der Waals surface area contributed by atoms with Crippen LogP contribution in [0.15, 0.2) is 53.7 Å². The predicted molar refractivity (Wildman–Crippen MR) is 100 cm³/mol. The first-order chi connectivity index (χ1) is 12.9. The molecule has 2 aromatic carbocycles. The SMILES string of the molecule is C[C@H](Sc1n[nH]c(-c2ccccc2F)n1)C(=O)N[C@@H](C)c1ccc(F)cc1. The molecule has 3 aromatic rings. The lowest BCUT2D eigenvalue weighted by atomic mass is 10.1. The Hall–Kier alpha value is -2.74. The number of carbonyl (C=O) groups excluding carboxylic acids is 1. The summed E-state index contributed by atoms with van der Waals surface area (Å²) in [6, 6.07) is 12.0. The van der Waals surface area contributed by atoms with Crippen molar-refractivity contribution in [3.63, 3.8) is 0 Å². The molecule has 5 nitrogen and oxygen atoms in total. The van der Waals surface area contributed by atoms with E-state index in [1.165, 1.54) is 18.2 Å². The Balaban J connectivity index is 1.61. The summed E-state index contributed by atoms with van der Waals surface area (Å²) in [7, 11) is 0. The van der Waals surface area contributed by atoms with E-state index in [1.807, 2.05) is 6.92 Å². The molecule has 0 aliphatic carbocycles. The molecule has 0 aliphatic rings. The molecule has 1 heterocycles. The average molecular weight is 388 g/mol. The lowest BCUT2D eigenvalue weighted by Gasteiger charge is -2.17. The zero-order valence-corrected chi connectivity index (χ0v) is 15.6. The van der Waals surface area contributed by atoms with Crippen LogP contribution in [0.25, 0.3) is 11.4 Å². The van der Waals surface area contributed by atoms with E-state index < -0.39 is 11.1 Å². The van der Waals surface area contributed by atoms with Gasteiger partial charge in [0, 0.05) is 0 Å². The molecule has 0 unspecified atom stereocenters. The van der Waals surface area contributed by atoms with Gasteiger partial charge in [-0.05, 0) is 43.7 Å². The van der Waals surface area contributed by atoms with Gasteiger partial charge < -0.3 is 5.32 Å². The molecule has 0 aliphatic heterocycles. The third kappa shape index (κ3) is 4.71. The van der Waals surface area contributed by atoms with Gasteiger partial charge in [0.25, 0.3) is 0 Å². The molecule has 3 rings (SSSR count). The van der Waals surface area contributed by atoms with Crippen molar-refractivity contribution in [3.8, 4) is 11.4 Å². The zero-order valence-electron chi connectivity index (χ0n) is 14.7. The molecule has 27 heavy (non-hydrogen) atoms. The van der Waals surface area contributed by atoms with Crippen LogP contribution in [-0.4, -0.2) is 26.3 Å². The van der Waals surface area contributed by atoms with Crippen LogP contribution in [0.2, 0.25) is 0 Å². The van der Waals surface area contributed by atoms with Crippen LogP contribution in [0.3, 0.4) is 0 Å². The number of nitrogens with one attached hydrogen (secondary N) is 2. The number of halogens is 2. The first kappa shape index (κ1) is 19.0. The Morgan fingerprint density at radius 1 is 1.11 bits per heavy atom. The number of thioether (sulfide) groups is 1. The van der Waals surface area contributed by atoms with Gasteiger partial charge in [-0.15, -0.1) is 5.10 Å². The summed E-state index contributed by atoms with van der Waals surface area (Å²) in [6.45, 7) is 3.56. The van der Waals surface area contributed by atoms with Crippen molar-refractivity contribution in [1.29, 1.82) is 0 Å². The van der Waals surface area contributed by atoms with Gasteiger partial charge in [-0.1, -0.05) is 36.0 Å². The van der Waals surface area contributed by atoms with E-state index in [-0.39, 0.29) is 17.8 Å². The Morgan fingerprint density at radius 3 is 2.52 bits per heavy atom.